The SMILES string of the molecule is O=C(N/N=C/c1cc([N+](=O)[O-])cc([N+](=O)[O-])c1O)c1cc([N+](=O)[O-])c(N2CCOCC2)c([N+](=O)[O-])c1. The second-order valence-corrected chi connectivity index (χ2v) is 7.09. The van der Waals surface area contributed by atoms with Crippen molar-refractivity contribution in [1.29, 1.82) is 0 Å². The molecular weight excluding hydrogens is 490 g/mol. The lowest BCUT2D eigenvalue weighted by molar-refractivity contribution is -0.394. The number of phenolic OH excluding ortho intramolecular Hbond substituents is 1. The monoisotopic (exact) mass is 505 g/mol. The molecule has 0 spiro atoms. The van der Waals surface area contributed by atoms with Crippen LogP contribution in [-0.4, -0.2) is 63.2 Å². The third kappa shape index (κ3) is 5.28. The Morgan fingerprint density at radius 2 is 1.47 bits per heavy atom. The zero-order chi connectivity index (χ0) is 26.6. The Balaban J connectivity index is 1.95. The smallest absolute Gasteiger partial charge is 0.318 e. The van der Waals surface area contributed by atoms with Crippen LogP contribution in [0.3, 0.4) is 0 Å². The highest BCUT2D eigenvalue weighted by Gasteiger charge is 2.33. The molecule has 0 radical (unpaired) electrons. The van der Waals surface area contributed by atoms with Crippen molar-refractivity contribution in [2.45, 2.75) is 0 Å². The van der Waals surface area contributed by atoms with Crippen LogP contribution in [0.4, 0.5) is 28.4 Å². The van der Waals surface area contributed by atoms with E-state index in [9.17, 15) is 50.4 Å². The summed E-state index contributed by atoms with van der Waals surface area (Å²) in [5, 5.41) is 58.7. The molecule has 1 heterocycles. The number of non-ortho nitro benzene ring substituents is 1. The molecule has 2 aromatic carbocycles. The third-order valence-electron chi connectivity index (χ3n) is 4.93. The van der Waals surface area contributed by atoms with Crippen LogP contribution in [0.1, 0.15) is 15.9 Å². The number of nitro groups is 4. The molecule has 0 aliphatic carbocycles. The van der Waals surface area contributed by atoms with E-state index in [2.05, 4.69) is 5.10 Å². The van der Waals surface area contributed by atoms with Crippen molar-refractivity contribution in [2.24, 2.45) is 5.10 Å². The van der Waals surface area contributed by atoms with Gasteiger partial charge in [-0.05, 0) is 0 Å². The zero-order valence-corrected chi connectivity index (χ0v) is 17.9. The molecular formula is C18H15N7O11. The Kier molecular flexibility index (Phi) is 7.29. The maximum atomic E-state index is 12.5. The number of nitrogens with zero attached hydrogens (tertiary/aromatic N) is 6. The number of ether oxygens (including phenoxy) is 1. The van der Waals surface area contributed by atoms with E-state index in [4.69, 9.17) is 4.74 Å². The second-order valence-electron chi connectivity index (χ2n) is 7.09. The van der Waals surface area contributed by atoms with Gasteiger partial charge in [-0.1, -0.05) is 0 Å². The first-order chi connectivity index (χ1) is 17.0. The van der Waals surface area contributed by atoms with E-state index >= 15 is 0 Å². The third-order valence-corrected chi connectivity index (χ3v) is 4.93. The molecule has 18 nitrogen and oxygen atoms in total. The summed E-state index contributed by atoms with van der Waals surface area (Å²) in [5.41, 5.74) is -2.50. The van der Waals surface area contributed by atoms with Gasteiger partial charge >= 0.3 is 5.69 Å². The first-order valence-corrected chi connectivity index (χ1v) is 9.80. The number of hydrogen-bond acceptors (Lipinski definition) is 13. The molecule has 2 aromatic rings. The Labute approximate surface area is 199 Å². The lowest BCUT2D eigenvalue weighted by atomic mass is 10.1. The highest BCUT2D eigenvalue weighted by Crippen LogP contribution is 2.39. The zero-order valence-electron chi connectivity index (χ0n) is 17.9. The van der Waals surface area contributed by atoms with Crippen molar-refractivity contribution in [2.75, 3.05) is 31.2 Å². The molecule has 0 aromatic heterocycles. The molecule has 0 atom stereocenters. The highest BCUT2D eigenvalue weighted by atomic mass is 16.6. The fourth-order valence-electron chi connectivity index (χ4n) is 3.32. The van der Waals surface area contributed by atoms with E-state index < -0.39 is 65.2 Å². The predicted octanol–water partition coefficient (Wildman–Crippen LogP) is 1.63. The van der Waals surface area contributed by atoms with E-state index in [1.54, 1.807) is 0 Å². The number of benzene rings is 2. The molecule has 0 saturated carbocycles. The van der Waals surface area contributed by atoms with Crippen molar-refractivity contribution in [3.8, 4) is 5.75 Å². The Bertz CT molecular complexity index is 1270. The van der Waals surface area contributed by atoms with Crippen LogP contribution in [0.2, 0.25) is 0 Å². The van der Waals surface area contributed by atoms with Crippen LogP contribution < -0.4 is 10.3 Å². The van der Waals surface area contributed by atoms with Crippen LogP contribution in [0, 0.1) is 40.5 Å². The number of nitro benzene ring substituents is 4. The fourth-order valence-corrected chi connectivity index (χ4v) is 3.32. The largest absolute Gasteiger partial charge is 0.502 e. The van der Waals surface area contributed by atoms with Gasteiger partial charge in [0.1, 0.15) is 0 Å². The predicted molar refractivity (Wildman–Crippen MR) is 119 cm³/mol. The van der Waals surface area contributed by atoms with Gasteiger partial charge in [-0.25, -0.2) is 5.43 Å². The molecule has 1 aliphatic rings. The number of hydrazone groups is 1. The molecule has 188 valence electrons. The van der Waals surface area contributed by atoms with Crippen LogP contribution in [0.25, 0.3) is 0 Å². The number of carbonyl (C=O) groups is 1. The van der Waals surface area contributed by atoms with Crippen molar-refractivity contribution in [3.63, 3.8) is 0 Å². The van der Waals surface area contributed by atoms with Gasteiger partial charge < -0.3 is 14.7 Å². The average molecular weight is 505 g/mol. The summed E-state index contributed by atoms with van der Waals surface area (Å²) in [6.07, 6.45) is 0.665. The molecule has 1 saturated heterocycles. The number of hydrogen-bond donors (Lipinski definition) is 2. The number of nitrogens with one attached hydrogen (secondary N) is 1. The Morgan fingerprint density at radius 3 is 1.97 bits per heavy atom. The first-order valence-electron chi connectivity index (χ1n) is 9.80. The van der Waals surface area contributed by atoms with Gasteiger partial charge in [0.15, 0.2) is 5.69 Å². The Hall–Kier alpha value is -5.26. The number of aromatic hydroxyl groups is 1. The number of phenols is 1. The van der Waals surface area contributed by atoms with Crippen molar-refractivity contribution in [3.05, 3.63) is 75.8 Å². The molecule has 18 heteroatoms. The molecule has 2 N–H and O–H groups in total. The van der Waals surface area contributed by atoms with E-state index in [0.717, 1.165) is 18.2 Å². The molecule has 3 rings (SSSR count). The van der Waals surface area contributed by atoms with Gasteiger partial charge in [-0.3, -0.25) is 45.3 Å². The molecule has 1 fully saturated rings. The van der Waals surface area contributed by atoms with E-state index in [-0.39, 0.29) is 32.0 Å². The number of rotatable bonds is 8. The minimum atomic E-state index is -1.13. The lowest BCUT2D eigenvalue weighted by Gasteiger charge is -2.28. The average Bonchev–Trinajstić information content (AvgIpc) is 2.84. The molecule has 1 aliphatic heterocycles. The van der Waals surface area contributed by atoms with Crippen LogP contribution in [0.5, 0.6) is 5.75 Å². The molecule has 0 bridgehead atoms. The highest BCUT2D eigenvalue weighted by molar-refractivity contribution is 5.98. The number of carbonyl (C=O) groups excluding carboxylic acids is 1. The van der Waals surface area contributed by atoms with E-state index in [0.29, 0.717) is 12.3 Å². The molecule has 1 amide bonds. The van der Waals surface area contributed by atoms with E-state index in [1.807, 2.05) is 5.43 Å². The Morgan fingerprint density at radius 1 is 0.917 bits per heavy atom. The minimum absolute atomic E-state index is 0.149. The summed E-state index contributed by atoms with van der Waals surface area (Å²) >= 11 is 0. The number of anilines is 1. The van der Waals surface area contributed by atoms with Gasteiger partial charge in [0, 0.05) is 31.3 Å². The van der Waals surface area contributed by atoms with Gasteiger partial charge in [-0.2, -0.15) is 5.10 Å². The summed E-state index contributed by atoms with van der Waals surface area (Å²) in [6, 6.07) is 2.92. The summed E-state index contributed by atoms with van der Waals surface area (Å²) in [5.74, 6) is -2.10. The summed E-state index contributed by atoms with van der Waals surface area (Å²) in [6.45, 7) is 0.675. The minimum Gasteiger partial charge on any atom is -0.502 e. The quantitative estimate of drug-likeness (QED) is 0.295. The van der Waals surface area contributed by atoms with Crippen LogP contribution in [-0.2, 0) is 4.74 Å². The molecule has 36 heavy (non-hydrogen) atoms. The van der Waals surface area contributed by atoms with Gasteiger partial charge in [0.05, 0.1) is 56.3 Å². The number of morpholine rings is 1. The van der Waals surface area contributed by atoms with Gasteiger partial charge in [0.25, 0.3) is 23.0 Å². The number of amides is 1. The van der Waals surface area contributed by atoms with Crippen LogP contribution >= 0.6 is 0 Å². The second kappa shape index (κ2) is 10.3. The summed E-state index contributed by atoms with van der Waals surface area (Å²) in [7, 11) is 0. The van der Waals surface area contributed by atoms with Crippen molar-refractivity contribution in [1.82, 2.24) is 5.43 Å². The summed E-state index contributed by atoms with van der Waals surface area (Å²) in [4.78, 5) is 55.5. The van der Waals surface area contributed by atoms with Gasteiger partial charge in [-0.15, -0.1) is 0 Å². The van der Waals surface area contributed by atoms with Crippen molar-refractivity contribution >= 4 is 40.6 Å². The lowest BCUT2D eigenvalue weighted by Crippen LogP contribution is -2.37. The fraction of sp³-hybridized carbons (Fsp3) is 0.222. The maximum Gasteiger partial charge on any atom is 0.318 e. The van der Waals surface area contributed by atoms with E-state index in [1.165, 1.54) is 4.90 Å². The maximum absolute atomic E-state index is 12.5. The standard InChI is InChI=1S/C18H15N7O11/c26-17-11(5-12(22(28)29)8-15(17)25(34)35)9-19-20-18(27)10-6-13(23(30)31)16(14(7-10)24(32)33)21-1-3-36-4-2-21/h5-9,26H,1-4H2,(H,20,27)/b19-9+. The molecule has 0 unspecified atom stereocenters. The van der Waals surface area contributed by atoms with Crippen LogP contribution in [0.15, 0.2) is 29.4 Å². The first kappa shape index (κ1) is 25.4. The normalized spacial score (nSPS) is 13.4. The summed E-state index contributed by atoms with van der Waals surface area (Å²) < 4.78 is 5.16. The van der Waals surface area contributed by atoms with Crippen molar-refractivity contribution < 1.29 is 34.3 Å². The topological polar surface area (TPSA) is 247 Å². The van der Waals surface area contributed by atoms with Gasteiger partial charge in [0.2, 0.25) is 5.75 Å².